The van der Waals surface area contributed by atoms with Gasteiger partial charge in [-0.25, -0.2) is 4.79 Å². The number of likely N-dealkylation sites (N-methyl/N-ethyl adjacent to an activating group) is 1. The van der Waals surface area contributed by atoms with Crippen molar-refractivity contribution in [1.29, 1.82) is 0 Å². The van der Waals surface area contributed by atoms with Gasteiger partial charge in [0.25, 0.3) is 5.91 Å². The molecule has 1 saturated heterocycles. The van der Waals surface area contributed by atoms with Crippen LogP contribution in [0.3, 0.4) is 0 Å². The van der Waals surface area contributed by atoms with Crippen LogP contribution in [0.5, 0.6) is 0 Å². The minimum Gasteiger partial charge on any atom is -0.475 e. The summed E-state index contributed by atoms with van der Waals surface area (Å²) in [6.07, 6.45) is -3.79. The Balaban J connectivity index is 0.000000383. The molecular formula is C23H27F3N2O5. The number of likely N-dealkylation sites (tertiary alicyclic amines) is 1. The van der Waals surface area contributed by atoms with Crippen molar-refractivity contribution in [1.82, 2.24) is 9.80 Å². The van der Waals surface area contributed by atoms with Gasteiger partial charge in [0.15, 0.2) is 6.10 Å². The number of fused-ring (bicyclic) bond motifs is 2. The number of aryl methyl sites for hydroxylation is 1. The number of ether oxygens (including phenoxy) is 1. The van der Waals surface area contributed by atoms with E-state index < -0.39 is 18.2 Å². The molecule has 4 rings (SSSR count). The Labute approximate surface area is 189 Å². The quantitative estimate of drug-likeness (QED) is 0.737. The monoisotopic (exact) mass is 468 g/mol. The van der Waals surface area contributed by atoms with Gasteiger partial charge in [-0.2, -0.15) is 13.2 Å². The SMILES string of the molecule is Cc1ccc(CN2CCC3(CC2)OC(C(=O)N(C)C)c2ccccc23)o1.O=C(O)C(F)(F)F. The lowest BCUT2D eigenvalue weighted by atomic mass is 9.83. The average Bonchev–Trinajstić information content (AvgIpc) is 3.30. The second-order valence-electron chi connectivity index (χ2n) is 8.40. The number of aliphatic carboxylic acids is 1. The van der Waals surface area contributed by atoms with Gasteiger partial charge in [-0.1, -0.05) is 24.3 Å². The van der Waals surface area contributed by atoms with E-state index in [9.17, 15) is 18.0 Å². The number of halogens is 3. The number of carboxylic acids is 1. The molecule has 1 fully saturated rings. The predicted molar refractivity (Wildman–Crippen MR) is 112 cm³/mol. The number of amides is 1. The Morgan fingerprint density at radius 1 is 1.15 bits per heavy atom. The summed E-state index contributed by atoms with van der Waals surface area (Å²) in [6.45, 7) is 4.65. The van der Waals surface area contributed by atoms with E-state index in [2.05, 4.69) is 11.0 Å². The molecule has 180 valence electrons. The number of rotatable bonds is 3. The summed E-state index contributed by atoms with van der Waals surface area (Å²) in [4.78, 5) is 25.5. The van der Waals surface area contributed by atoms with Crippen molar-refractivity contribution < 1.29 is 37.0 Å². The third-order valence-electron chi connectivity index (χ3n) is 5.82. The average molecular weight is 468 g/mol. The smallest absolute Gasteiger partial charge is 0.475 e. The maximum Gasteiger partial charge on any atom is 0.490 e. The first-order valence-electron chi connectivity index (χ1n) is 10.5. The first-order valence-corrected chi connectivity index (χ1v) is 10.5. The highest BCUT2D eigenvalue weighted by Crippen LogP contribution is 2.49. The van der Waals surface area contributed by atoms with Crippen molar-refractivity contribution in [3.63, 3.8) is 0 Å². The normalized spacial score (nSPS) is 19.5. The van der Waals surface area contributed by atoms with Gasteiger partial charge in [-0.05, 0) is 43.0 Å². The molecule has 33 heavy (non-hydrogen) atoms. The highest BCUT2D eigenvalue weighted by atomic mass is 19.4. The van der Waals surface area contributed by atoms with Crippen LogP contribution in [0.25, 0.3) is 0 Å². The number of benzene rings is 1. The Morgan fingerprint density at radius 3 is 2.27 bits per heavy atom. The Morgan fingerprint density at radius 2 is 1.76 bits per heavy atom. The summed E-state index contributed by atoms with van der Waals surface area (Å²) in [5.74, 6) is -0.784. The highest BCUT2D eigenvalue weighted by molar-refractivity contribution is 5.83. The molecule has 1 aromatic carbocycles. The fourth-order valence-electron chi connectivity index (χ4n) is 4.16. The molecule has 0 aliphatic carbocycles. The van der Waals surface area contributed by atoms with Crippen LogP contribution in [0.2, 0.25) is 0 Å². The lowest BCUT2D eigenvalue weighted by Gasteiger charge is -2.39. The van der Waals surface area contributed by atoms with E-state index in [1.54, 1.807) is 19.0 Å². The number of furan rings is 1. The third-order valence-corrected chi connectivity index (χ3v) is 5.82. The second kappa shape index (κ2) is 9.56. The van der Waals surface area contributed by atoms with Crippen LogP contribution in [0, 0.1) is 6.92 Å². The van der Waals surface area contributed by atoms with E-state index >= 15 is 0 Å². The first-order chi connectivity index (χ1) is 15.4. The van der Waals surface area contributed by atoms with Gasteiger partial charge in [0.05, 0.1) is 12.1 Å². The summed E-state index contributed by atoms with van der Waals surface area (Å²) in [5, 5.41) is 7.12. The Hall–Kier alpha value is -2.85. The van der Waals surface area contributed by atoms with Crippen molar-refractivity contribution in [2.45, 2.75) is 44.2 Å². The predicted octanol–water partition coefficient (Wildman–Crippen LogP) is 3.87. The van der Waals surface area contributed by atoms with Crippen LogP contribution in [-0.2, 0) is 26.5 Å². The molecule has 0 saturated carbocycles. The van der Waals surface area contributed by atoms with E-state index in [0.717, 1.165) is 49.6 Å². The van der Waals surface area contributed by atoms with Crippen LogP contribution in [0.1, 0.15) is 41.6 Å². The fourth-order valence-corrected chi connectivity index (χ4v) is 4.16. The standard InChI is InChI=1S/C21H26N2O3.C2HF3O2/c1-15-8-9-16(25-15)14-23-12-10-21(11-13-23)18-7-5-4-6-17(18)19(26-21)20(24)22(2)3;3-2(4,5)1(6)7/h4-9,19H,10-14H2,1-3H3;(H,6,7). The summed E-state index contributed by atoms with van der Waals surface area (Å²) in [6, 6.07) is 12.3. The number of hydrogen-bond acceptors (Lipinski definition) is 5. The van der Waals surface area contributed by atoms with Crippen LogP contribution < -0.4 is 0 Å². The van der Waals surface area contributed by atoms with Crippen molar-refractivity contribution in [3.8, 4) is 0 Å². The summed E-state index contributed by atoms with van der Waals surface area (Å²) < 4.78 is 43.9. The zero-order valence-electron chi connectivity index (χ0n) is 18.7. The van der Waals surface area contributed by atoms with Crippen molar-refractivity contribution >= 4 is 11.9 Å². The summed E-state index contributed by atoms with van der Waals surface area (Å²) in [5.41, 5.74) is 1.87. The molecular weight excluding hydrogens is 441 g/mol. The second-order valence-corrected chi connectivity index (χ2v) is 8.40. The van der Waals surface area contributed by atoms with Gasteiger partial charge in [0.1, 0.15) is 11.5 Å². The van der Waals surface area contributed by atoms with E-state index in [4.69, 9.17) is 19.1 Å². The molecule has 0 bridgehead atoms. The Bertz CT molecular complexity index is 994. The Kier molecular flexibility index (Phi) is 7.18. The molecule has 1 atom stereocenters. The van der Waals surface area contributed by atoms with Crippen molar-refractivity contribution in [3.05, 3.63) is 59.0 Å². The maximum atomic E-state index is 12.6. The first kappa shape index (κ1) is 24.8. The zero-order chi connectivity index (χ0) is 24.4. The maximum absolute atomic E-state index is 12.6. The third kappa shape index (κ3) is 5.56. The molecule has 10 heteroatoms. The van der Waals surface area contributed by atoms with Crippen molar-refractivity contribution in [2.75, 3.05) is 27.2 Å². The topological polar surface area (TPSA) is 83.2 Å². The lowest BCUT2D eigenvalue weighted by Crippen LogP contribution is -2.42. The van der Waals surface area contributed by atoms with Crippen LogP contribution in [0.4, 0.5) is 13.2 Å². The molecule has 1 unspecified atom stereocenters. The molecule has 2 aromatic rings. The van der Waals surface area contributed by atoms with Gasteiger partial charge in [-0.15, -0.1) is 0 Å². The number of carbonyl (C=O) groups is 2. The van der Waals surface area contributed by atoms with Gasteiger partial charge >= 0.3 is 12.1 Å². The largest absolute Gasteiger partial charge is 0.490 e. The minimum absolute atomic E-state index is 0.0165. The van der Waals surface area contributed by atoms with Crippen LogP contribution >= 0.6 is 0 Å². The summed E-state index contributed by atoms with van der Waals surface area (Å²) in [7, 11) is 3.57. The molecule has 1 spiro atoms. The molecule has 2 aliphatic heterocycles. The summed E-state index contributed by atoms with van der Waals surface area (Å²) >= 11 is 0. The van der Waals surface area contributed by atoms with Crippen molar-refractivity contribution in [2.24, 2.45) is 0 Å². The zero-order valence-corrected chi connectivity index (χ0v) is 18.7. The van der Waals surface area contributed by atoms with E-state index in [1.165, 1.54) is 5.56 Å². The van der Waals surface area contributed by atoms with Gasteiger partial charge in [0, 0.05) is 27.2 Å². The molecule has 3 heterocycles. The van der Waals surface area contributed by atoms with Gasteiger partial charge in [0.2, 0.25) is 0 Å². The highest BCUT2D eigenvalue weighted by Gasteiger charge is 2.49. The lowest BCUT2D eigenvalue weighted by molar-refractivity contribution is -0.192. The number of hydrogen-bond donors (Lipinski definition) is 1. The number of nitrogens with zero attached hydrogens (tertiary/aromatic N) is 2. The number of alkyl halides is 3. The molecule has 1 amide bonds. The molecule has 2 aliphatic rings. The van der Waals surface area contributed by atoms with E-state index in [0.29, 0.717) is 0 Å². The molecule has 1 aromatic heterocycles. The van der Waals surface area contributed by atoms with Gasteiger partial charge in [-0.3, -0.25) is 9.69 Å². The van der Waals surface area contributed by atoms with E-state index in [-0.39, 0.29) is 11.5 Å². The van der Waals surface area contributed by atoms with Crippen LogP contribution in [0.15, 0.2) is 40.8 Å². The van der Waals surface area contributed by atoms with E-state index in [1.807, 2.05) is 37.3 Å². The number of carboxylic acid groups (broad SMARTS) is 1. The fraction of sp³-hybridized carbons (Fsp3) is 0.478. The van der Waals surface area contributed by atoms with Gasteiger partial charge < -0.3 is 19.2 Å². The number of piperidine rings is 1. The number of carbonyl (C=O) groups excluding carboxylic acids is 1. The molecule has 0 radical (unpaired) electrons. The minimum atomic E-state index is -5.08. The molecule has 1 N–H and O–H groups in total. The molecule has 7 nitrogen and oxygen atoms in total. The van der Waals surface area contributed by atoms with Crippen LogP contribution in [-0.4, -0.2) is 60.1 Å².